The van der Waals surface area contributed by atoms with Gasteiger partial charge in [0.05, 0.1) is 6.61 Å². The number of fused-ring (bicyclic) bond motifs is 1. The fourth-order valence-electron chi connectivity index (χ4n) is 1.74. The van der Waals surface area contributed by atoms with Gasteiger partial charge in [-0.25, -0.2) is 0 Å². The van der Waals surface area contributed by atoms with Gasteiger partial charge in [0.15, 0.2) is 0 Å². The lowest BCUT2D eigenvalue weighted by atomic mass is 10.1. The van der Waals surface area contributed by atoms with E-state index in [1.54, 1.807) is 18.9 Å². The van der Waals surface area contributed by atoms with Gasteiger partial charge in [-0.15, -0.1) is 0 Å². The van der Waals surface area contributed by atoms with Crippen molar-refractivity contribution in [3.63, 3.8) is 0 Å². The second-order valence-corrected chi connectivity index (χ2v) is 3.82. The number of rotatable bonds is 1. The molecule has 0 N–H and O–H groups in total. The van der Waals surface area contributed by atoms with Gasteiger partial charge in [0.2, 0.25) is 5.91 Å². The van der Waals surface area contributed by atoms with Crippen LogP contribution in [0.25, 0.3) is 0 Å². The van der Waals surface area contributed by atoms with Crippen LogP contribution >= 0.6 is 0 Å². The molecular formula is C12H15NO2. The smallest absolute Gasteiger partial charge is 0.223 e. The van der Waals surface area contributed by atoms with Gasteiger partial charge >= 0.3 is 0 Å². The van der Waals surface area contributed by atoms with Crippen molar-refractivity contribution >= 4 is 11.6 Å². The van der Waals surface area contributed by atoms with Crippen LogP contribution in [0.5, 0.6) is 5.75 Å². The average molecular weight is 205 g/mol. The highest BCUT2D eigenvalue weighted by atomic mass is 16.5. The predicted octanol–water partition coefficient (Wildman–Crippen LogP) is 1.99. The summed E-state index contributed by atoms with van der Waals surface area (Å²) in [5.74, 6) is 1.01. The van der Waals surface area contributed by atoms with E-state index >= 15 is 0 Å². The molecule has 1 aliphatic rings. The SMILES string of the molecule is CC(=O)N(C)c1ccc2c(c1)CCCO2. The minimum atomic E-state index is 0.0478. The number of aryl methyl sites for hydroxylation is 1. The number of hydrogen-bond acceptors (Lipinski definition) is 2. The average Bonchev–Trinajstić information content (AvgIpc) is 2.27. The number of carbonyl (C=O) groups excluding carboxylic acids is 1. The van der Waals surface area contributed by atoms with E-state index in [9.17, 15) is 4.79 Å². The van der Waals surface area contributed by atoms with Crippen LogP contribution in [0.15, 0.2) is 18.2 Å². The van der Waals surface area contributed by atoms with Crippen molar-refractivity contribution in [2.24, 2.45) is 0 Å². The van der Waals surface area contributed by atoms with Crippen LogP contribution in [0.3, 0.4) is 0 Å². The van der Waals surface area contributed by atoms with Crippen molar-refractivity contribution in [1.82, 2.24) is 0 Å². The fraction of sp³-hybridized carbons (Fsp3) is 0.417. The highest BCUT2D eigenvalue weighted by Gasteiger charge is 2.13. The molecule has 1 heterocycles. The predicted molar refractivity (Wildman–Crippen MR) is 59.3 cm³/mol. The van der Waals surface area contributed by atoms with Gasteiger partial charge in [0.25, 0.3) is 0 Å². The van der Waals surface area contributed by atoms with E-state index in [0.717, 1.165) is 30.9 Å². The van der Waals surface area contributed by atoms with Crippen molar-refractivity contribution in [3.05, 3.63) is 23.8 Å². The molecule has 15 heavy (non-hydrogen) atoms. The zero-order chi connectivity index (χ0) is 10.8. The molecule has 3 nitrogen and oxygen atoms in total. The van der Waals surface area contributed by atoms with Gasteiger partial charge < -0.3 is 9.64 Å². The Morgan fingerprint density at radius 1 is 1.47 bits per heavy atom. The van der Waals surface area contributed by atoms with Gasteiger partial charge in [0.1, 0.15) is 5.75 Å². The Balaban J connectivity index is 2.31. The first kappa shape index (κ1) is 10.0. The van der Waals surface area contributed by atoms with Crippen LogP contribution in [-0.4, -0.2) is 19.6 Å². The Labute approximate surface area is 89.7 Å². The lowest BCUT2D eigenvalue weighted by molar-refractivity contribution is -0.116. The third kappa shape index (κ3) is 1.96. The fourth-order valence-corrected chi connectivity index (χ4v) is 1.74. The topological polar surface area (TPSA) is 29.5 Å². The molecule has 1 aromatic carbocycles. The summed E-state index contributed by atoms with van der Waals surface area (Å²) < 4.78 is 5.52. The summed E-state index contributed by atoms with van der Waals surface area (Å²) in [6.45, 7) is 2.37. The number of amides is 1. The molecule has 0 fully saturated rings. The number of nitrogens with zero attached hydrogens (tertiary/aromatic N) is 1. The molecule has 1 aromatic rings. The van der Waals surface area contributed by atoms with Crippen LogP contribution in [0.1, 0.15) is 18.9 Å². The first-order valence-corrected chi connectivity index (χ1v) is 5.18. The maximum Gasteiger partial charge on any atom is 0.223 e. The Morgan fingerprint density at radius 3 is 3.00 bits per heavy atom. The van der Waals surface area contributed by atoms with Gasteiger partial charge in [-0.05, 0) is 36.6 Å². The third-order valence-corrected chi connectivity index (χ3v) is 2.75. The minimum Gasteiger partial charge on any atom is -0.493 e. The van der Waals surface area contributed by atoms with E-state index in [-0.39, 0.29) is 5.91 Å². The number of anilines is 1. The molecule has 0 atom stereocenters. The maximum absolute atomic E-state index is 11.2. The van der Waals surface area contributed by atoms with Gasteiger partial charge in [0, 0.05) is 19.7 Å². The summed E-state index contributed by atoms with van der Waals surface area (Å²) in [6.07, 6.45) is 2.09. The summed E-state index contributed by atoms with van der Waals surface area (Å²) in [6, 6.07) is 5.91. The first-order valence-electron chi connectivity index (χ1n) is 5.18. The quantitative estimate of drug-likeness (QED) is 0.701. The van der Waals surface area contributed by atoms with E-state index in [2.05, 4.69) is 0 Å². The Kier molecular flexibility index (Phi) is 2.62. The summed E-state index contributed by atoms with van der Waals surface area (Å²) in [7, 11) is 1.79. The van der Waals surface area contributed by atoms with Gasteiger partial charge in [-0.3, -0.25) is 4.79 Å². The summed E-state index contributed by atoms with van der Waals surface area (Å²) >= 11 is 0. The molecular weight excluding hydrogens is 190 g/mol. The molecule has 1 amide bonds. The van der Waals surface area contributed by atoms with E-state index in [4.69, 9.17) is 4.74 Å². The van der Waals surface area contributed by atoms with Crippen LogP contribution in [0.4, 0.5) is 5.69 Å². The number of carbonyl (C=O) groups is 1. The molecule has 0 saturated carbocycles. The van der Waals surface area contributed by atoms with Gasteiger partial charge in [-0.1, -0.05) is 0 Å². The normalized spacial score (nSPS) is 14.0. The monoisotopic (exact) mass is 205 g/mol. The van der Waals surface area contributed by atoms with Crippen LogP contribution < -0.4 is 9.64 Å². The highest BCUT2D eigenvalue weighted by molar-refractivity contribution is 5.91. The Morgan fingerprint density at radius 2 is 2.27 bits per heavy atom. The molecule has 0 unspecified atom stereocenters. The van der Waals surface area contributed by atoms with E-state index in [1.807, 2.05) is 18.2 Å². The first-order chi connectivity index (χ1) is 7.18. The summed E-state index contributed by atoms with van der Waals surface area (Å²) in [4.78, 5) is 12.9. The Hall–Kier alpha value is -1.51. The number of benzene rings is 1. The standard InChI is InChI=1S/C12H15NO2/c1-9(14)13(2)11-5-6-12-10(8-11)4-3-7-15-12/h5-6,8H,3-4,7H2,1-2H3. The molecule has 0 spiro atoms. The number of ether oxygens (including phenoxy) is 1. The maximum atomic E-state index is 11.2. The second-order valence-electron chi connectivity index (χ2n) is 3.82. The largest absolute Gasteiger partial charge is 0.493 e. The van der Waals surface area contributed by atoms with Crippen LogP contribution in [0.2, 0.25) is 0 Å². The third-order valence-electron chi connectivity index (χ3n) is 2.75. The molecule has 0 saturated heterocycles. The highest BCUT2D eigenvalue weighted by Crippen LogP contribution is 2.28. The zero-order valence-electron chi connectivity index (χ0n) is 9.12. The minimum absolute atomic E-state index is 0.0478. The van der Waals surface area contributed by atoms with E-state index in [0.29, 0.717) is 0 Å². The molecule has 80 valence electrons. The van der Waals surface area contributed by atoms with Crippen molar-refractivity contribution in [2.45, 2.75) is 19.8 Å². The molecule has 0 aliphatic carbocycles. The van der Waals surface area contributed by atoms with Crippen molar-refractivity contribution in [1.29, 1.82) is 0 Å². The zero-order valence-corrected chi connectivity index (χ0v) is 9.12. The van der Waals surface area contributed by atoms with Crippen molar-refractivity contribution in [3.8, 4) is 5.75 Å². The van der Waals surface area contributed by atoms with Crippen LogP contribution in [-0.2, 0) is 11.2 Å². The second kappa shape index (κ2) is 3.93. The van der Waals surface area contributed by atoms with E-state index in [1.165, 1.54) is 5.56 Å². The van der Waals surface area contributed by atoms with Crippen LogP contribution in [0, 0.1) is 0 Å². The van der Waals surface area contributed by atoms with E-state index < -0.39 is 0 Å². The lowest BCUT2D eigenvalue weighted by Gasteiger charge is -2.21. The molecule has 0 bridgehead atoms. The molecule has 1 aliphatic heterocycles. The van der Waals surface area contributed by atoms with Crippen molar-refractivity contribution < 1.29 is 9.53 Å². The Bertz CT molecular complexity index is 387. The number of hydrogen-bond donors (Lipinski definition) is 0. The summed E-state index contributed by atoms with van der Waals surface area (Å²) in [5, 5.41) is 0. The lowest BCUT2D eigenvalue weighted by Crippen LogP contribution is -2.23. The molecule has 3 heteroatoms. The van der Waals surface area contributed by atoms with Gasteiger partial charge in [-0.2, -0.15) is 0 Å². The molecule has 0 aromatic heterocycles. The molecule has 2 rings (SSSR count). The molecule has 0 radical (unpaired) electrons. The summed E-state index contributed by atoms with van der Waals surface area (Å²) in [5.41, 5.74) is 2.14. The van der Waals surface area contributed by atoms with Crippen molar-refractivity contribution in [2.75, 3.05) is 18.6 Å².